The summed E-state index contributed by atoms with van der Waals surface area (Å²) in [6.07, 6.45) is 6.67. The minimum atomic E-state index is 1.02. The molecule has 80 heavy (non-hydrogen) atoms. The van der Waals surface area contributed by atoms with Crippen LogP contribution >= 0.6 is 0 Å². The molecule has 0 spiro atoms. The number of allylic oxidation sites excluding steroid dienone is 1. The lowest BCUT2D eigenvalue weighted by molar-refractivity contribution is 0.986. The predicted octanol–water partition coefficient (Wildman–Crippen LogP) is 21.0. The van der Waals surface area contributed by atoms with Gasteiger partial charge in [-0.15, -0.1) is 0 Å². The van der Waals surface area contributed by atoms with E-state index in [1.54, 1.807) is 0 Å². The topological polar surface area (TPSA) is 9.86 Å². The van der Waals surface area contributed by atoms with Crippen LogP contribution < -0.4 is 0 Å². The molecule has 0 radical (unpaired) electrons. The zero-order valence-corrected chi connectivity index (χ0v) is 44.2. The van der Waals surface area contributed by atoms with Gasteiger partial charge in [-0.2, -0.15) is 0 Å². The summed E-state index contributed by atoms with van der Waals surface area (Å²) in [5, 5.41) is 7.39. The Morgan fingerprint density at radius 3 is 1.14 bits per heavy atom. The number of fused-ring (bicyclic) bond motifs is 4. The maximum atomic E-state index is 2.48. The molecule has 2 aromatic heterocycles. The Morgan fingerprint density at radius 1 is 0.275 bits per heavy atom. The molecule has 15 rings (SSSR count). The summed E-state index contributed by atoms with van der Waals surface area (Å²) in [5.74, 6) is 0. The number of rotatable bonds is 10. The fourth-order valence-corrected chi connectivity index (χ4v) is 12.7. The summed E-state index contributed by atoms with van der Waals surface area (Å²) >= 11 is 0. The van der Waals surface area contributed by atoms with Crippen molar-refractivity contribution in [1.82, 2.24) is 9.13 Å². The van der Waals surface area contributed by atoms with Crippen molar-refractivity contribution in [2.75, 3.05) is 0 Å². The second kappa shape index (κ2) is 19.9. The van der Waals surface area contributed by atoms with Gasteiger partial charge in [-0.3, -0.25) is 0 Å². The summed E-state index contributed by atoms with van der Waals surface area (Å²) in [4.78, 5) is 0. The van der Waals surface area contributed by atoms with E-state index in [0.717, 1.165) is 47.0 Å². The van der Waals surface area contributed by atoms with Crippen LogP contribution in [0.2, 0.25) is 0 Å². The highest BCUT2D eigenvalue weighted by atomic mass is 15.0. The summed E-state index contributed by atoms with van der Waals surface area (Å²) in [5.41, 5.74) is 23.9. The Bertz CT molecular complexity index is 4530. The van der Waals surface area contributed by atoms with E-state index in [9.17, 15) is 0 Å². The molecule has 0 amide bonds. The minimum absolute atomic E-state index is 1.02. The number of hydrogen-bond donors (Lipinski definition) is 0. The van der Waals surface area contributed by atoms with Gasteiger partial charge in [0, 0.05) is 11.4 Å². The first-order valence-corrected chi connectivity index (χ1v) is 27.9. The van der Waals surface area contributed by atoms with Crippen LogP contribution in [0.1, 0.15) is 17.5 Å². The van der Waals surface area contributed by atoms with Crippen LogP contribution in [-0.4, -0.2) is 9.13 Å². The van der Waals surface area contributed by atoms with Gasteiger partial charge in [0.25, 0.3) is 0 Å². The van der Waals surface area contributed by atoms with E-state index in [4.69, 9.17) is 0 Å². The average molecular weight is 1020 g/mol. The summed E-state index contributed by atoms with van der Waals surface area (Å²) in [6.45, 7) is 0. The molecule has 376 valence electrons. The lowest BCUT2D eigenvalue weighted by Crippen LogP contribution is -2.00. The minimum Gasteiger partial charge on any atom is -0.309 e. The van der Waals surface area contributed by atoms with E-state index < -0.39 is 0 Å². The van der Waals surface area contributed by atoms with Crippen molar-refractivity contribution in [3.63, 3.8) is 0 Å². The van der Waals surface area contributed by atoms with Crippen LogP contribution in [0.25, 0.3) is 139 Å². The van der Waals surface area contributed by atoms with Crippen molar-refractivity contribution in [2.45, 2.75) is 12.8 Å². The third-order valence-corrected chi connectivity index (χ3v) is 16.4. The Labute approximate surface area is 467 Å². The zero-order chi connectivity index (χ0) is 52.9. The normalized spacial score (nSPS) is 12.1. The number of nitrogens with zero attached hydrogens (tertiary/aromatic N) is 2. The molecule has 2 heterocycles. The summed E-state index contributed by atoms with van der Waals surface area (Å²) in [7, 11) is 0. The van der Waals surface area contributed by atoms with Gasteiger partial charge in [-0.25, -0.2) is 0 Å². The van der Waals surface area contributed by atoms with Crippen molar-refractivity contribution in [2.24, 2.45) is 0 Å². The monoisotopic (exact) mass is 1020 g/mol. The third kappa shape index (κ3) is 8.20. The molecule has 2 nitrogen and oxygen atoms in total. The standard InChI is InChI=1S/C78H54N2/c1-5-21-57(22-6-1)71-47-48-72(58-23-7-2-8-24-58)79(71)65-43-39-55(40-44-65)67-31-17-33-69-76(64-38-36-54-20-14-16-30-62(54)52-64)78-68(32-18-34-70(78)75(77(67)69)63-37-35-53-19-13-15-29-61(53)51-63)56-41-45-66(46-42-56)80-73(59-25-9-3-10-26-59)49-50-74(80)60-27-11-4-12-28-60/h1-15,17-29,31-52H,16,30H2. The molecule has 0 aliphatic heterocycles. The van der Waals surface area contributed by atoms with Crippen molar-refractivity contribution < 1.29 is 0 Å². The second-order valence-electron chi connectivity index (χ2n) is 21.1. The van der Waals surface area contributed by atoms with Gasteiger partial charge in [0.2, 0.25) is 0 Å². The first-order valence-electron chi connectivity index (χ1n) is 27.9. The summed E-state index contributed by atoms with van der Waals surface area (Å²) in [6, 6.07) is 108. The van der Waals surface area contributed by atoms with Crippen LogP contribution in [0.5, 0.6) is 0 Å². The van der Waals surface area contributed by atoms with Gasteiger partial charge in [-0.1, -0.05) is 249 Å². The number of aromatic nitrogens is 2. The molecule has 14 aromatic rings. The van der Waals surface area contributed by atoms with Crippen LogP contribution in [0.3, 0.4) is 0 Å². The molecule has 0 saturated carbocycles. The van der Waals surface area contributed by atoms with E-state index in [0.29, 0.717) is 0 Å². The molecule has 0 saturated heterocycles. The first-order chi connectivity index (χ1) is 39.7. The SMILES string of the molecule is C1=Cc2ccc(-c3c4cccc(-c5ccc(-n6c(-c7ccccc7)ccc6-c6ccccc6)cc5)c4c(-c4ccc5ccccc5c4)c4cccc(-c5ccc(-n6c(-c7ccccc7)ccc6-c6ccccc6)cc5)c34)cc2CC1. The first kappa shape index (κ1) is 47.0. The number of hydrogen-bond acceptors (Lipinski definition) is 0. The molecule has 0 fully saturated rings. The molecule has 2 heteroatoms. The highest BCUT2D eigenvalue weighted by Gasteiger charge is 2.24. The van der Waals surface area contributed by atoms with E-state index in [1.807, 2.05) is 0 Å². The van der Waals surface area contributed by atoms with Gasteiger partial charge >= 0.3 is 0 Å². The maximum Gasteiger partial charge on any atom is 0.0535 e. The fraction of sp³-hybridized carbons (Fsp3) is 0.0256. The highest BCUT2D eigenvalue weighted by molar-refractivity contribution is 6.27. The number of aryl methyl sites for hydroxylation is 1. The largest absolute Gasteiger partial charge is 0.309 e. The van der Waals surface area contributed by atoms with E-state index >= 15 is 0 Å². The summed E-state index contributed by atoms with van der Waals surface area (Å²) < 4.78 is 4.82. The molecule has 12 aromatic carbocycles. The van der Waals surface area contributed by atoms with Crippen LogP contribution in [0, 0.1) is 0 Å². The zero-order valence-electron chi connectivity index (χ0n) is 44.2. The van der Waals surface area contributed by atoms with Crippen molar-refractivity contribution >= 4 is 38.4 Å². The molecule has 0 bridgehead atoms. The van der Waals surface area contributed by atoms with Crippen LogP contribution in [-0.2, 0) is 6.42 Å². The molecule has 1 aliphatic rings. The van der Waals surface area contributed by atoms with Crippen molar-refractivity contribution in [3.05, 3.63) is 308 Å². The Kier molecular flexibility index (Phi) is 11.7. The van der Waals surface area contributed by atoms with E-state index in [-0.39, 0.29) is 0 Å². The van der Waals surface area contributed by atoms with Gasteiger partial charge in [0.1, 0.15) is 0 Å². The number of benzene rings is 12. The Balaban J connectivity index is 0.972. The van der Waals surface area contributed by atoms with Crippen LogP contribution in [0.15, 0.2) is 297 Å². The van der Waals surface area contributed by atoms with Gasteiger partial charge in [0.05, 0.1) is 22.8 Å². The van der Waals surface area contributed by atoms with Crippen molar-refractivity contribution in [3.8, 4) is 101 Å². The Hall–Kier alpha value is -10.3. The fourth-order valence-electron chi connectivity index (χ4n) is 12.7. The molecular weight excluding hydrogens is 965 g/mol. The molecule has 0 unspecified atom stereocenters. The van der Waals surface area contributed by atoms with Gasteiger partial charge < -0.3 is 9.13 Å². The highest BCUT2D eigenvalue weighted by Crippen LogP contribution is 2.51. The quantitative estimate of drug-likeness (QED) is 0.121. The van der Waals surface area contributed by atoms with Crippen LogP contribution in [0.4, 0.5) is 0 Å². The second-order valence-corrected chi connectivity index (χ2v) is 21.1. The lowest BCUT2D eigenvalue weighted by Gasteiger charge is -2.23. The van der Waals surface area contributed by atoms with Gasteiger partial charge in [-0.05, 0) is 178 Å². The lowest BCUT2D eigenvalue weighted by atomic mass is 9.80. The predicted molar refractivity (Wildman–Crippen MR) is 338 cm³/mol. The third-order valence-electron chi connectivity index (χ3n) is 16.4. The smallest absolute Gasteiger partial charge is 0.0535 e. The van der Waals surface area contributed by atoms with E-state index in [1.165, 1.54) is 110 Å². The molecule has 1 aliphatic carbocycles. The van der Waals surface area contributed by atoms with E-state index in [2.05, 4.69) is 312 Å². The molecule has 0 atom stereocenters. The van der Waals surface area contributed by atoms with Crippen molar-refractivity contribution in [1.29, 1.82) is 0 Å². The Morgan fingerprint density at radius 2 is 0.675 bits per heavy atom. The average Bonchev–Trinajstić information content (AvgIpc) is 4.27. The molecular formula is C78H54N2. The maximum absolute atomic E-state index is 2.48. The molecule has 0 N–H and O–H groups in total. The van der Waals surface area contributed by atoms with Gasteiger partial charge in [0.15, 0.2) is 0 Å².